The number of nitrogens with two attached hydrogens (primary N) is 1. The summed E-state index contributed by atoms with van der Waals surface area (Å²) < 4.78 is 41.6. The lowest BCUT2D eigenvalue weighted by atomic mass is 10.3. The molecule has 6 nitrogen and oxygen atoms in total. The molecular formula is C9H14FN3O3S. The van der Waals surface area contributed by atoms with Crippen molar-refractivity contribution < 1.29 is 17.5 Å². The minimum Gasteiger partial charge on any atom is -0.492 e. The molecule has 0 aliphatic carbocycles. The number of hydrogen-bond donors (Lipinski definition) is 2. The quantitative estimate of drug-likeness (QED) is 0.597. The zero-order valence-electron chi connectivity index (χ0n) is 9.69. The van der Waals surface area contributed by atoms with Gasteiger partial charge >= 0.3 is 0 Å². The van der Waals surface area contributed by atoms with E-state index in [0.29, 0.717) is 0 Å². The zero-order chi connectivity index (χ0) is 13.2. The number of nitrogen functional groups attached to an aromatic ring is 1. The Kier molecular flexibility index (Phi) is 3.91. The first-order valence-corrected chi connectivity index (χ1v) is 6.09. The van der Waals surface area contributed by atoms with Crippen molar-refractivity contribution in [1.29, 1.82) is 0 Å². The number of benzene rings is 1. The number of sulfonamides is 1. The lowest BCUT2D eigenvalue weighted by Crippen LogP contribution is -2.36. The molecular weight excluding hydrogens is 249 g/mol. The maximum atomic E-state index is 13.5. The Morgan fingerprint density at radius 3 is 2.41 bits per heavy atom. The second-order valence-electron chi connectivity index (χ2n) is 3.52. The van der Waals surface area contributed by atoms with E-state index in [2.05, 4.69) is 4.83 Å². The Balaban J connectivity index is 3.26. The predicted octanol–water partition coefficient (Wildman–Crippen LogP) is 0.171. The van der Waals surface area contributed by atoms with Crippen molar-refractivity contribution in [2.75, 3.05) is 26.9 Å². The molecule has 0 spiro atoms. The molecule has 8 heteroatoms. The molecule has 0 radical (unpaired) electrons. The fourth-order valence-electron chi connectivity index (χ4n) is 1.25. The van der Waals surface area contributed by atoms with Crippen molar-refractivity contribution in [3.8, 4) is 5.75 Å². The van der Waals surface area contributed by atoms with Crippen LogP contribution in [0.4, 0.5) is 10.1 Å². The Morgan fingerprint density at radius 1 is 1.41 bits per heavy atom. The molecule has 0 aliphatic rings. The summed E-state index contributed by atoms with van der Waals surface area (Å²) in [6, 6.07) is 1.98. The second-order valence-corrected chi connectivity index (χ2v) is 5.18. The monoisotopic (exact) mass is 263 g/mol. The number of nitrogens with zero attached hydrogens (tertiary/aromatic N) is 1. The van der Waals surface area contributed by atoms with Crippen LogP contribution in [0.25, 0.3) is 0 Å². The normalized spacial score (nSPS) is 11.8. The van der Waals surface area contributed by atoms with Crippen molar-refractivity contribution in [3.63, 3.8) is 0 Å². The molecule has 0 bridgehead atoms. The van der Waals surface area contributed by atoms with Gasteiger partial charge in [-0.25, -0.2) is 17.8 Å². The molecule has 1 aromatic carbocycles. The number of ether oxygens (including phenoxy) is 1. The molecule has 96 valence electrons. The molecule has 0 fully saturated rings. The maximum Gasteiger partial charge on any atom is 0.253 e. The van der Waals surface area contributed by atoms with Crippen molar-refractivity contribution >= 4 is 15.7 Å². The predicted molar refractivity (Wildman–Crippen MR) is 61.4 cm³/mol. The Morgan fingerprint density at radius 2 is 2.00 bits per heavy atom. The van der Waals surface area contributed by atoms with Crippen molar-refractivity contribution in [2.24, 2.45) is 0 Å². The summed E-state index contributed by atoms with van der Waals surface area (Å²) in [5.74, 6) is -1.000. The van der Waals surface area contributed by atoms with E-state index in [-0.39, 0.29) is 16.3 Å². The van der Waals surface area contributed by atoms with Crippen LogP contribution in [-0.2, 0) is 10.0 Å². The van der Waals surface area contributed by atoms with Crippen LogP contribution in [0, 0.1) is 5.82 Å². The summed E-state index contributed by atoms with van der Waals surface area (Å²) in [5.41, 5.74) is 5.41. The number of rotatable bonds is 4. The van der Waals surface area contributed by atoms with E-state index < -0.39 is 15.8 Å². The first kappa shape index (κ1) is 13.7. The van der Waals surface area contributed by atoms with Crippen LogP contribution in [-0.4, -0.2) is 34.6 Å². The molecule has 3 N–H and O–H groups in total. The van der Waals surface area contributed by atoms with Crippen molar-refractivity contribution in [3.05, 3.63) is 17.9 Å². The molecule has 0 aliphatic heterocycles. The van der Waals surface area contributed by atoms with Gasteiger partial charge in [0.15, 0.2) is 11.6 Å². The largest absolute Gasteiger partial charge is 0.492 e. The Labute approximate surface area is 99.2 Å². The second kappa shape index (κ2) is 4.86. The first-order chi connectivity index (χ1) is 7.77. The van der Waals surface area contributed by atoms with Gasteiger partial charge in [0, 0.05) is 14.1 Å². The van der Waals surface area contributed by atoms with Crippen LogP contribution in [0.3, 0.4) is 0 Å². The maximum absolute atomic E-state index is 13.5. The summed E-state index contributed by atoms with van der Waals surface area (Å²) in [4.78, 5) is 1.91. The first-order valence-electron chi connectivity index (χ1n) is 4.60. The third-order valence-corrected chi connectivity index (χ3v) is 3.32. The average molecular weight is 263 g/mol. The number of anilines is 1. The number of hydrazine groups is 1. The van der Waals surface area contributed by atoms with E-state index in [4.69, 9.17) is 10.5 Å². The smallest absolute Gasteiger partial charge is 0.253 e. The minimum absolute atomic E-state index is 0.0772. The van der Waals surface area contributed by atoms with Gasteiger partial charge in [-0.1, -0.05) is 0 Å². The number of hydrogen-bond acceptors (Lipinski definition) is 5. The highest BCUT2D eigenvalue weighted by molar-refractivity contribution is 7.89. The zero-order valence-corrected chi connectivity index (χ0v) is 10.5. The van der Waals surface area contributed by atoms with E-state index in [0.717, 1.165) is 12.1 Å². The van der Waals surface area contributed by atoms with Crippen LogP contribution in [0.1, 0.15) is 0 Å². The lowest BCUT2D eigenvalue weighted by Gasteiger charge is -2.14. The van der Waals surface area contributed by atoms with E-state index in [1.807, 2.05) is 0 Å². The number of halogens is 1. The van der Waals surface area contributed by atoms with Crippen LogP contribution in [0.5, 0.6) is 5.75 Å². The fraction of sp³-hybridized carbons (Fsp3) is 0.333. The minimum atomic E-state index is -3.83. The van der Waals surface area contributed by atoms with Crippen LogP contribution in [0.2, 0.25) is 0 Å². The summed E-state index contributed by atoms with van der Waals surface area (Å²) in [5, 5.41) is 1.23. The number of methoxy groups -OCH3 is 1. The van der Waals surface area contributed by atoms with Gasteiger partial charge in [0.1, 0.15) is 0 Å². The molecule has 1 rings (SSSR count). The van der Waals surface area contributed by atoms with E-state index in [1.54, 1.807) is 0 Å². The van der Waals surface area contributed by atoms with Gasteiger partial charge in [-0.2, -0.15) is 0 Å². The van der Waals surface area contributed by atoms with Gasteiger partial charge < -0.3 is 10.5 Å². The van der Waals surface area contributed by atoms with E-state index >= 15 is 0 Å². The summed E-state index contributed by atoms with van der Waals surface area (Å²) >= 11 is 0. The molecule has 1 aromatic rings. The fourth-order valence-corrected chi connectivity index (χ4v) is 2.38. The molecule has 0 aromatic heterocycles. The molecule has 0 saturated heterocycles. The highest BCUT2D eigenvalue weighted by Gasteiger charge is 2.19. The molecule has 17 heavy (non-hydrogen) atoms. The van der Waals surface area contributed by atoms with Crippen LogP contribution in [0.15, 0.2) is 17.0 Å². The van der Waals surface area contributed by atoms with Gasteiger partial charge in [0.05, 0.1) is 17.7 Å². The summed E-state index contributed by atoms with van der Waals surface area (Å²) in [6.07, 6.45) is 0. The molecule has 0 saturated carbocycles. The van der Waals surface area contributed by atoms with Gasteiger partial charge in [-0.3, -0.25) is 0 Å². The topological polar surface area (TPSA) is 84.7 Å². The third-order valence-electron chi connectivity index (χ3n) is 1.86. The highest BCUT2D eigenvalue weighted by Crippen LogP contribution is 2.28. The Hall–Kier alpha value is -1.38. The van der Waals surface area contributed by atoms with Gasteiger partial charge in [-0.05, 0) is 12.1 Å². The average Bonchev–Trinajstić information content (AvgIpc) is 2.14. The van der Waals surface area contributed by atoms with Gasteiger partial charge in [-0.15, -0.1) is 4.83 Å². The van der Waals surface area contributed by atoms with Crippen molar-refractivity contribution in [1.82, 2.24) is 9.84 Å². The summed E-state index contributed by atoms with van der Waals surface area (Å²) in [7, 11) is 0.423. The molecule has 0 atom stereocenters. The van der Waals surface area contributed by atoms with Gasteiger partial charge in [0.2, 0.25) is 0 Å². The lowest BCUT2D eigenvalue weighted by molar-refractivity contribution is 0.363. The SMILES string of the molecule is COc1c(N)cc(S(=O)(=O)NN(C)C)cc1F. The Bertz CT molecular complexity index is 493. The molecule has 0 amide bonds. The van der Waals surface area contributed by atoms with E-state index in [1.165, 1.54) is 26.2 Å². The van der Waals surface area contributed by atoms with Crippen molar-refractivity contribution in [2.45, 2.75) is 4.90 Å². The number of nitrogens with one attached hydrogen (secondary N) is 1. The standard InChI is InChI=1S/C9H14FN3O3S/c1-13(2)12-17(14,15)6-4-7(10)9(16-3)8(11)5-6/h4-5,12H,11H2,1-3H3. The van der Waals surface area contributed by atoms with Gasteiger partial charge in [0.25, 0.3) is 10.0 Å². The van der Waals surface area contributed by atoms with Crippen LogP contribution < -0.4 is 15.3 Å². The molecule has 0 unspecified atom stereocenters. The highest BCUT2D eigenvalue weighted by atomic mass is 32.2. The third kappa shape index (κ3) is 3.05. The molecule has 0 heterocycles. The van der Waals surface area contributed by atoms with E-state index in [9.17, 15) is 12.8 Å². The van der Waals surface area contributed by atoms with Crippen LogP contribution >= 0.6 is 0 Å². The summed E-state index contributed by atoms with van der Waals surface area (Å²) in [6.45, 7) is 0.